The van der Waals surface area contributed by atoms with Crippen molar-refractivity contribution >= 4 is 18.3 Å². The van der Waals surface area contributed by atoms with E-state index in [4.69, 9.17) is 5.73 Å². The fourth-order valence-electron chi connectivity index (χ4n) is 2.38. The Morgan fingerprint density at radius 1 is 1.19 bits per heavy atom. The van der Waals surface area contributed by atoms with Crippen LogP contribution in [0.4, 0.5) is 0 Å². The van der Waals surface area contributed by atoms with Crippen LogP contribution in [0.3, 0.4) is 0 Å². The number of amides is 1. The summed E-state index contributed by atoms with van der Waals surface area (Å²) in [7, 11) is 0. The first-order valence-electron chi connectivity index (χ1n) is 6.54. The first-order valence-corrected chi connectivity index (χ1v) is 6.54. The zero-order valence-corrected chi connectivity index (χ0v) is 13.1. The van der Waals surface area contributed by atoms with E-state index in [1.165, 1.54) is 0 Å². The molecule has 0 aliphatic carbocycles. The van der Waals surface area contributed by atoms with Crippen LogP contribution in [0.25, 0.3) is 11.1 Å². The molecule has 112 valence electrons. The lowest BCUT2D eigenvalue weighted by atomic mass is 10.0. The molecule has 5 heteroatoms. The smallest absolute Gasteiger partial charge is 0.254 e. The average Bonchev–Trinajstić information content (AvgIpc) is 2.39. The molecule has 0 aliphatic rings. The van der Waals surface area contributed by atoms with E-state index in [9.17, 15) is 9.59 Å². The second-order valence-electron chi connectivity index (χ2n) is 5.06. The number of rotatable bonds is 3. The zero-order chi connectivity index (χ0) is 14.9. The molecule has 2 rings (SSSR count). The predicted octanol–water partition coefficient (Wildman–Crippen LogP) is 2.93. The molecule has 1 heterocycles. The van der Waals surface area contributed by atoms with Gasteiger partial charge >= 0.3 is 0 Å². The Labute approximate surface area is 130 Å². The highest BCUT2D eigenvalue weighted by Crippen LogP contribution is 2.22. The minimum atomic E-state index is -0.693. The van der Waals surface area contributed by atoms with Crippen LogP contribution < -0.4 is 11.2 Å². The number of carbonyl (C=O) groups is 1. The molecule has 0 aliphatic heterocycles. The summed E-state index contributed by atoms with van der Waals surface area (Å²) in [5.74, 6) is -0.693. The Balaban J connectivity index is 0.00000220. The molecular weight excluding hydrogens is 288 g/mol. The fourth-order valence-corrected chi connectivity index (χ4v) is 2.38. The highest BCUT2D eigenvalue weighted by molar-refractivity contribution is 5.93. The Kier molecular flexibility index (Phi) is 5.33. The molecule has 0 atom stereocenters. The summed E-state index contributed by atoms with van der Waals surface area (Å²) in [5, 5.41) is 0. The highest BCUT2D eigenvalue weighted by Gasteiger charge is 2.18. The second-order valence-corrected chi connectivity index (χ2v) is 5.06. The van der Waals surface area contributed by atoms with Crippen molar-refractivity contribution in [1.82, 2.24) is 4.57 Å². The van der Waals surface area contributed by atoms with Gasteiger partial charge in [-0.3, -0.25) is 9.59 Å². The Hall–Kier alpha value is -2.07. The Bertz CT molecular complexity index is 706. The molecular formula is C16H19ClN2O2. The van der Waals surface area contributed by atoms with Gasteiger partial charge in [-0.2, -0.15) is 0 Å². The third kappa shape index (κ3) is 3.16. The van der Waals surface area contributed by atoms with Crippen LogP contribution in [0.5, 0.6) is 0 Å². The van der Waals surface area contributed by atoms with Crippen LogP contribution in [0, 0.1) is 6.92 Å². The number of hydrogen-bond donors (Lipinski definition) is 1. The maximum absolute atomic E-state index is 12.5. The van der Waals surface area contributed by atoms with Gasteiger partial charge in [-0.25, -0.2) is 0 Å². The molecule has 0 unspecified atom stereocenters. The number of pyridine rings is 1. The lowest BCUT2D eigenvalue weighted by Gasteiger charge is -2.19. The summed E-state index contributed by atoms with van der Waals surface area (Å²) in [6, 6.07) is 9.47. The topological polar surface area (TPSA) is 65.1 Å². The third-order valence-corrected chi connectivity index (χ3v) is 3.37. The van der Waals surface area contributed by atoms with Crippen molar-refractivity contribution in [2.45, 2.75) is 26.8 Å². The van der Waals surface area contributed by atoms with Crippen molar-refractivity contribution in [1.29, 1.82) is 0 Å². The second kappa shape index (κ2) is 6.59. The van der Waals surface area contributed by atoms with Crippen LogP contribution in [0.1, 0.15) is 35.9 Å². The highest BCUT2D eigenvalue weighted by atomic mass is 35.5. The van der Waals surface area contributed by atoms with Gasteiger partial charge in [0, 0.05) is 23.5 Å². The van der Waals surface area contributed by atoms with Gasteiger partial charge in [0.2, 0.25) is 5.43 Å². The van der Waals surface area contributed by atoms with Gasteiger partial charge in [0.15, 0.2) is 0 Å². The van der Waals surface area contributed by atoms with Crippen LogP contribution in [-0.2, 0) is 0 Å². The van der Waals surface area contributed by atoms with Gasteiger partial charge in [-0.1, -0.05) is 30.3 Å². The Morgan fingerprint density at radius 2 is 1.76 bits per heavy atom. The van der Waals surface area contributed by atoms with E-state index in [0.29, 0.717) is 5.56 Å². The van der Waals surface area contributed by atoms with E-state index in [0.717, 1.165) is 11.3 Å². The first kappa shape index (κ1) is 17.0. The molecule has 0 saturated carbocycles. The molecule has 1 amide bonds. The van der Waals surface area contributed by atoms with Crippen molar-refractivity contribution in [3.05, 3.63) is 58.0 Å². The van der Waals surface area contributed by atoms with Gasteiger partial charge in [-0.15, -0.1) is 12.4 Å². The van der Waals surface area contributed by atoms with Gasteiger partial charge < -0.3 is 10.3 Å². The maximum Gasteiger partial charge on any atom is 0.254 e. The summed E-state index contributed by atoms with van der Waals surface area (Å²) in [4.78, 5) is 24.0. The lowest BCUT2D eigenvalue weighted by molar-refractivity contribution is 0.0998. The number of halogens is 1. The fraction of sp³-hybridized carbons (Fsp3) is 0.250. The summed E-state index contributed by atoms with van der Waals surface area (Å²) >= 11 is 0. The van der Waals surface area contributed by atoms with Crippen molar-refractivity contribution in [2.75, 3.05) is 0 Å². The minimum Gasteiger partial charge on any atom is -0.365 e. The monoisotopic (exact) mass is 306 g/mol. The van der Waals surface area contributed by atoms with E-state index >= 15 is 0 Å². The van der Waals surface area contributed by atoms with E-state index < -0.39 is 5.91 Å². The standard InChI is InChI=1S/C16H18N2O2.ClH/c1-10(2)18-9-13(16(17)20)15(19)14(11(18)3)12-7-5-4-6-8-12;/h4-10H,1-3H3,(H2,17,20);1H. The van der Waals surface area contributed by atoms with Crippen LogP contribution in [0.2, 0.25) is 0 Å². The van der Waals surface area contributed by atoms with Crippen LogP contribution in [-0.4, -0.2) is 10.5 Å². The quantitative estimate of drug-likeness (QED) is 0.947. The molecule has 2 aromatic rings. The molecule has 1 aromatic carbocycles. The SMILES string of the molecule is Cc1c(-c2ccccc2)c(=O)c(C(N)=O)cn1C(C)C.Cl. The summed E-state index contributed by atoms with van der Waals surface area (Å²) in [6.07, 6.45) is 1.55. The number of hydrogen-bond acceptors (Lipinski definition) is 2. The summed E-state index contributed by atoms with van der Waals surface area (Å²) in [5.41, 5.74) is 7.22. The normalized spacial score (nSPS) is 10.3. The average molecular weight is 307 g/mol. The molecule has 2 N–H and O–H groups in total. The first-order chi connectivity index (χ1) is 9.43. The number of carbonyl (C=O) groups excluding carboxylic acids is 1. The van der Waals surface area contributed by atoms with E-state index in [1.807, 2.05) is 55.7 Å². The number of nitrogens with two attached hydrogens (primary N) is 1. The zero-order valence-electron chi connectivity index (χ0n) is 12.3. The van der Waals surface area contributed by atoms with E-state index in [-0.39, 0.29) is 29.4 Å². The lowest BCUT2D eigenvalue weighted by Crippen LogP contribution is -2.27. The van der Waals surface area contributed by atoms with Crippen molar-refractivity contribution in [2.24, 2.45) is 5.73 Å². The van der Waals surface area contributed by atoms with E-state index in [1.54, 1.807) is 6.20 Å². The molecule has 1 aromatic heterocycles. The van der Waals surface area contributed by atoms with Crippen molar-refractivity contribution in [3.63, 3.8) is 0 Å². The summed E-state index contributed by atoms with van der Waals surface area (Å²) < 4.78 is 1.91. The van der Waals surface area contributed by atoms with Crippen LogP contribution >= 0.6 is 12.4 Å². The minimum absolute atomic E-state index is 0. The van der Waals surface area contributed by atoms with Gasteiger partial charge in [-0.05, 0) is 26.3 Å². The number of benzene rings is 1. The Morgan fingerprint density at radius 3 is 2.24 bits per heavy atom. The summed E-state index contributed by atoms with van der Waals surface area (Å²) in [6.45, 7) is 5.88. The molecule has 0 fully saturated rings. The van der Waals surface area contributed by atoms with Crippen molar-refractivity contribution in [3.8, 4) is 11.1 Å². The van der Waals surface area contributed by atoms with Gasteiger partial charge in [0.1, 0.15) is 5.56 Å². The number of aromatic nitrogens is 1. The molecule has 0 bridgehead atoms. The van der Waals surface area contributed by atoms with E-state index in [2.05, 4.69) is 0 Å². The molecule has 21 heavy (non-hydrogen) atoms. The maximum atomic E-state index is 12.5. The van der Waals surface area contributed by atoms with Gasteiger partial charge in [0.05, 0.1) is 0 Å². The van der Waals surface area contributed by atoms with Gasteiger partial charge in [0.25, 0.3) is 5.91 Å². The molecule has 4 nitrogen and oxygen atoms in total. The van der Waals surface area contributed by atoms with Crippen LogP contribution in [0.15, 0.2) is 41.3 Å². The number of primary amides is 1. The molecule has 0 spiro atoms. The largest absolute Gasteiger partial charge is 0.365 e. The molecule has 0 saturated heterocycles. The molecule has 0 radical (unpaired) electrons. The number of nitrogens with zero attached hydrogens (tertiary/aromatic N) is 1. The predicted molar refractivity (Wildman–Crippen MR) is 87.0 cm³/mol. The third-order valence-electron chi connectivity index (χ3n) is 3.37. The van der Waals surface area contributed by atoms with Crippen molar-refractivity contribution < 1.29 is 4.79 Å².